The van der Waals surface area contributed by atoms with E-state index in [1.807, 2.05) is 30.3 Å². The zero-order chi connectivity index (χ0) is 17.1. The fourth-order valence-electron chi connectivity index (χ4n) is 3.99. The first-order valence-corrected chi connectivity index (χ1v) is 8.99. The molecule has 4 rings (SSSR count). The Labute approximate surface area is 172 Å². The number of fused-ring (bicyclic) bond motifs is 2. The number of halogens is 2. The van der Waals surface area contributed by atoms with E-state index in [4.69, 9.17) is 4.74 Å². The highest BCUT2D eigenvalue weighted by Gasteiger charge is 2.34. The average molecular weight is 410 g/mol. The van der Waals surface area contributed by atoms with Crippen LogP contribution in [-0.2, 0) is 4.79 Å². The predicted molar refractivity (Wildman–Crippen MR) is 111 cm³/mol. The van der Waals surface area contributed by atoms with Crippen molar-refractivity contribution in [2.24, 2.45) is 5.92 Å². The van der Waals surface area contributed by atoms with E-state index in [0.29, 0.717) is 35.9 Å². The molecule has 2 N–H and O–H groups in total. The highest BCUT2D eigenvalue weighted by atomic mass is 35.5. The normalized spacial score (nSPS) is 22.9. The fourth-order valence-corrected chi connectivity index (χ4v) is 3.99. The van der Waals surface area contributed by atoms with Crippen LogP contribution in [0.15, 0.2) is 48.8 Å². The van der Waals surface area contributed by atoms with Crippen LogP contribution in [0.3, 0.4) is 0 Å². The van der Waals surface area contributed by atoms with E-state index in [9.17, 15) is 4.79 Å². The first kappa shape index (κ1) is 21.5. The molecule has 2 bridgehead atoms. The highest BCUT2D eigenvalue weighted by molar-refractivity contribution is 5.92. The molecule has 27 heavy (non-hydrogen) atoms. The molecule has 1 aromatic heterocycles. The van der Waals surface area contributed by atoms with E-state index in [0.717, 1.165) is 18.6 Å². The number of amides is 1. The summed E-state index contributed by atoms with van der Waals surface area (Å²) in [6, 6.07) is 12.5. The summed E-state index contributed by atoms with van der Waals surface area (Å²) >= 11 is 0. The van der Waals surface area contributed by atoms with Crippen LogP contribution in [0.4, 0.5) is 5.69 Å². The number of pyridine rings is 1. The third-order valence-corrected chi connectivity index (χ3v) is 5.07. The minimum absolute atomic E-state index is 0. The van der Waals surface area contributed by atoms with Crippen LogP contribution in [0.5, 0.6) is 11.5 Å². The second kappa shape index (κ2) is 9.93. The van der Waals surface area contributed by atoms with Crippen LogP contribution in [0.25, 0.3) is 0 Å². The molecule has 7 heteroatoms. The molecule has 0 radical (unpaired) electrons. The number of hydrogen-bond acceptors (Lipinski definition) is 4. The van der Waals surface area contributed by atoms with Gasteiger partial charge in [0, 0.05) is 30.8 Å². The summed E-state index contributed by atoms with van der Waals surface area (Å²) < 4.78 is 5.88. The molecule has 0 saturated carbocycles. The zero-order valence-corrected chi connectivity index (χ0v) is 16.6. The molecule has 0 spiro atoms. The van der Waals surface area contributed by atoms with E-state index < -0.39 is 0 Å². The summed E-state index contributed by atoms with van der Waals surface area (Å²) in [7, 11) is 0. The van der Waals surface area contributed by atoms with Crippen molar-refractivity contribution in [1.29, 1.82) is 0 Å². The van der Waals surface area contributed by atoms with Crippen LogP contribution in [0.2, 0.25) is 0 Å². The van der Waals surface area contributed by atoms with E-state index in [1.54, 1.807) is 18.5 Å². The van der Waals surface area contributed by atoms with Gasteiger partial charge in [0.15, 0.2) is 5.75 Å². The number of aromatic nitrogens is 1. The summed E-state index contributed by atoms with van der Waals surface area (Å²) in [5.74, 6) is 1.85. The molecule has 1 amide bonds. The SMILES string of the molecule is Cl.Cl.O=C(CC1CC2CCC(C1)N2)Nc1cnccc1Oc1ccccc1. The molecule has 2 unspecified atom stereocenters. The standard InChI is InChI=1S/C20H23N3O2.2ClH/c24-20(12-14-10-15-6-7-16(11-14)22-15)23-18-13-21-9-8-19(18)25-17-4-2-1-3-5-17;;/h1-5,8-9,13-16,22H,6-7,10-12H2,(H,23,24);2*1H. The number of piperidine rings is 1. The number of benzene rings is 1. The molecule has 146 valence electrons. The van der Waals surface area contributed by atoms with Gasteiger partial charge in [-0.3, -0.25) is 9.78 Å². The van der Waals surface area contributed by atoms with Crippen molar-refractivity contribution >= 4 is 36.4 Å². The van der Waals surface area contributed by atoms with Crippen molar-refractivity contribution in [3.8, 4) is 11.5 Å². The van der Waals surface area contributed by atoms with Gasteiger partial charge >= 0.3 is 0 Å². The Balaban J connectivity index is 0.00000131. The van der Waals surface area contributed by atoms with Crippen LogP contribution >= 0.6 is 24.8 Å². The van der Waals surface area contributed by atoms with Crippen LogP contribution in [0.1, 0.15) is 32.1 Å². The van der Waals surface area contributed by atoms with Crippen molar-refractivity contribution in [1.82, 2.24) is 10.3 Å². The minimum atomic E-state index is 0. The predicted octanol–water partition coefficient (Wildman–Crippen LogP) is 4.58. The van der Waals surface area contributed by atoms with Gasteiger partial charge in [0.1, 0.15) is 11.4 Å². The number of para-hydroxylation sites is 1. The van der Waals surface area contributed by atoms with Gasteiger partial charge in [-0.2, -0.15) is 0 Å². The maximum Gasteiger partial charge on any atom is 0.224 e. The fraction of sp³-hybridized carbons (Fsp3) is 0.400. The average Bonchev–Trinajstić information content (AvgIpc) is 2.96. The smallest absolute Gasteiger partial charge is 0.224 e. The van der Waals surface area contributed by atoms with Crippen molar-refractivity contribution in [2.45, 2.75) is 44.2 Å². The number of carbonyl (C=O) groups excluding carboxylic acids is 1. The summed E-state index contributed by atoms with van der Waals surface area (Å²) in [5, 5.41) is 6.60. The number of nitrogens with one attached hydrogen (secondary N) is 2. The number of carbonyl (C=O) groups is 1. The molecule has 2 aliphatic rings. The number of ether oxygens (including phenoxy) is 1. The Morgan fingerprint density at radius 3 is 2.52 bits per heavy atom. The molecule has 3 heterocycles. The van der Waals surface area contributed by atoms with E-state index in [2.05, 4.69) is 15.6 Å². The topological polar surface area (TPSA) is 63.2 Å². The molecule has 2 aromatic rings. The van der Waals surface area contributed by atoms with Gasteiger partial charge < -0.3 is 15.4 Å². The quantitative estimate of drug-likeness (QED) is 0.758. The molecule has 5 nitrogen and oxygen atoms in total. The van der Waals surface area contributed by atoms with Gasteiger partial charge in [0.2, 0.25) is 5.91 Å². The van der Waals surface area contributed by atoms with Gasteiger partial charge in [-0.1, -0.05) is 18.2 Å². The van der Waals surface area contributed by atoms with E-state index in [1.165, 1.54) is 12.8 Å². The van der Waals surface area contributed by atoms with Crippen molar-refractivity contribution in [3.05, 3.63) is 48.8 Å². The first-order chi connectivity index (χ1) is 12.3. The molecule has 1 aromatic carbocycles. The molecule has 2 saturated heterocycles. The molecular weight excluding hydrogens is 385 g/mol. The van der Waals surface area contributed by atoms with Gasteiger partial charge in [-0.25, -0.2) is 0 Å². The van der Waals surface area contributed by atoms with Gasteiger partial charge in [-0.15, -0.1) is 24.8 Å². The maximum absolute atomic E-state index is 12.5. The largest absolute Gasteiger partial charge is 0.455 e. The molecule has 2 atom stereocenters. The van der Waals surface area contributed by atoms with Crippen molar-refractivity contribution in [3.63, 3.8) is 0 Å². The first-order valence-electron chi connectivity index (χ1n) is 8.99. The Morgan fingerprint density at radius 2 is 1.81 bits per heavy atom. The minimum Gasteiger partial charge on any atom is -0.455 e. The highest BCUT2D eigenvalue weighted by Crippen LogP contribution is 2.33. The molecular formula is C20H25Cl2N3O2. The second-order valence-electron chi connectivity index (χ2n) is 7.01. The lowest BCUT2D eigenvalue weighted by atomic mass is 9.89. The van der Waals surface area contributed by atoms with E-state index in [-0.39, 0.29) is 30.7 Å². The second-order valence-corrected chi connectivity index (χ2v) is 7.01. The Kier molecular flexibility index (Phi) is 7.90. The zero-order valence-electron chi connectivity index (χ0n) is 15.0. The monoisotopic (exact) mass is 409 g/mol. The summed E-state index contributed by atoms with van der Waals surface area (Å²) in [4.78, 5) is 16.6. The maximum atomic E-state index is 12.5. The van der Waals surface area contributed by atoms with Gasteiger partial charge in [0.05, 0.1) is 6.20 Å². The van der Waals surface area contributed by atoms with E-state index >= 15 is 0 Å². The molecule has 2 aliphatic heterocycles. The lowest BCUT2D eigenvalue weighted by Gasteiger charge is -2.28. The lowest BCUT2D eigenvalue weighted by molar-refractivity contribution is -0.117. The summed E-state index contributed by atoms with van der Waals surface area (Å²) in [6.45, 7) is 0. The van der Waals surface area contributed by atoms with Crippen LogP contribution in [-0.4, -0.2) is 23.0 Å². The number of rotatable bonds is 5. The number of anilines is 1. The third-order valence-electron chi connectivity index (χ3n) is 5.07. The third kappa shape index (κ3) is 5.58. The number of nitrogens with zero attached hydrogens (tertiary/aromatic N) is 1. The Bertz CT molecular complexity index is 733. The summed E-state index contributed by atoms with van der Waals surface area (Å²) in [6.07, 6.45) is 8.57. The Hall–Kier alpha value is -1.82. The molecule has 0 aliphatic carbocycles. The van der Waals surface area contributed by atoms with Crippen LogP contribution < -0.4 is 15.4 Å². The number of hydrogen-bond donors (Lipinski definition) is 2. The lowest BCUT2D eigenvalue weighted by Crippen LogP contribution is -2.39. The Morgan fingerprint density at radius 1 is 1.11 bits per heavy atom. The van der Waals surface area contributed by atoms with Crippen LogP contribution in [0, 0.1) is 5.92 Å². The van der Waals surface area contributed by atoms with Crippen molar-refractivity contribution in [2.75, 3.05) is 5.32 Å². The van der Waals surface area contributed by atoms with Crippen molar-refractivity contribution < 1.29 is 9.53 Å². The molecule has 2 fully saturated rings. The van der Waals surface area contributed by atoms with Gasteiger partial charge in [0.25, 0.3) is 0 Å². The van der Waals surface area contributed by atoms with Gasteiger partial charge in [-0.05, 0) is 43.7 Å². The summed E-state index contributed by atoms with van der Waals surface area (Å²) in [5.41, 5.74) is 0.619.